The summed E-state index contributed by atoms with van der Waals surface area (Å²) < 4.78 is 12.7. The molecule has 0 radical (unpaired) electrons. The molecule has 8 nitrogen and oxygen atoms in total. The number of benzene rings is 1. The Morgan fingerprint density at radius 3 is 2.55 bits per heavy atom. The van der Waals surface area contributed by atoms with E-state index in [1.54, 1.807) is 47.0 Å². The number of imidazole rings is 1. The molecular weight excluding hydrogens is 372 g/mol. The van der Waals surface area contributed by atoms with Gasteiger partial charge < -0.3 is 20.1 Å². The highest BCUT2D eigenvalue weighted by Gasteiger charge is 2.24. The number of anilines is 1. The van der Waals surface area contributed by atoms with Gasteiger partial charge in [-0.15, -0.1) is 0 Å². The smallest absolute Gasteiger partial charge is 0.288 e. The second-order valence-corrected chi connectivity index (χ2v) is 7.76. The van der Waals surface area contributed by atoms with E-state index < -0.39 is 11.4 Å². The normalized spacial score (nSPS) is 13.2. The molecular formula is C21H22N4O4. The van der Waals surface area contributed by atoms with Gasteiger partial charge in [-0.1, -0.05) is 6.07 Å². The van der Waals surface area contributed by atoms with E-state index in [9.17, 15) is 9.59 Å². The molecule has 0 bridgehead atoms. The molecule has 0 saturated heterocycles. The third-order valence-corrected chi connectivity index (χ3v) is 4.26. The van der Waals surface area contributed by atoms with Gasteiger partial charge in [0.1, 0.15) is 13.2 Å². The van der Waals surface area contributed by atoms with Gasteiger partial charge in [-0.3, -0.25) is 14.0 Å². The molecule has 0 spiro atoms. The molecule has 1 aromatic carbocycles. The second-order valence-electron chi connectivity index (χ2n) is 7.76. The van der Waals surface area contributed by atoms with Crippen LogP contribution < -0.4 is 20.1 Å². The quantitative estimate of drug-likeness (QED) is 0.712. The Balaban J connectivity index is 1.65. The van der Waals surface area contributed by atoms with Crippen LogP contribution in [0.4, 0.5) is 5.69 Å². The van der Waals surface area contributed by atoms with E-state index in [4.69, 9.17) is 9.47 Å². The maximum absolute atomic E-state index is 12.9. The topological polar surface area (TPSA) is 94.0 Å². The summed E-state index contributed by atoms with van der Waals surface area (Å²) in [5, 5.41) is 5.70. The predicted octanol–water partition coefficient (Wildman–Crippen LogP) is 2.89. The average Bonchev–Trinajstić information content (AvgIpc) is 3.07. The van der Waals surface area contributed by atoms with E-state index >= 15 is 0 Å². The molecule has 1 aliphatic rings. The van der Waals surface area contributed by atoms with E-state index in [2.05, 4.69) is 15.6 Å². The van der Waals surface area contributed by atoms with Crippen molar-refractivity contribution in [2.45, 2.75) is 26.3 Å². The van der Waals surface area contributed by atoms with Crippen LogP contribution in [0.2, 0.25) is 0 Å². The first kappa shape index (κ1) is 18.8. The number of hydrogen-bond donors (Lipinski definition) is 2. The molecule has 3 heterocycles. The molecule has 4 rings (SSSR count). The Bertz CT molecular complexity index is 1100. The molecule has 2 N–H and O–H groups in total. The van der Waals surface area contributed by atoms with E-state index in [0.29, 0.717) is 35.9 Å². The number of carbonyl (C=O) groups excluding carboxylic acids is 2. The number of amides is 2. The monoisotopic (exact) mass is 394 g/mol. The molecule has 2 aromatic heterocycles. The van der Waals surface area contributed by atoms with Gasteiger partial charge in [0.05, 0.1) is 5.52 Å². The summed E-state index contributed by atoms with van der Waals surface area (Å²) in [6, 6.07) is 10.5. The first-order valence-electron chi connectivity index (χ1n) is 9.32. The molecule has 1 aliphatic heterocycles. The van der Waals surface area contributed by atoms with Gasteiger partial charge in [-0.2, -0.15) is 0 Å². The molecule has 3 aromatic rings. The van der Waals surface area contributed by atoms with Crippen LogP contribution in [0.1, 0.15) is 41.9 Å². The lowest BCUT2D eigenvalue weighted by Crippen LogP contribution is -2.41. The van der Waals surface area contributed by atoms with Crippen molar-refractivity contribution >= 4 is 23.0 Å². The number of hydrogen-bond acceptors (Lipinski definition) is 5. The molecule has 150 valence electrons. The van der Waals surface area contributed by atoms with Gasteiger partial charge in [-0.25, -0.2) is 4.98 Å². The maximum Gasteiger partial charge on any atom is 0.288 e. The summed E-state index contributed by atoms with van der Waals surface area (Å²) in [6.07, 6.45) is 1.71. The summed E-state index contributed by atoms with van der Waals surface area (Å²) in [5.41, 5.74) is 0.837. The maximum atomic E-state index is 12.9. The Labute approximate surface area is 167 Å². The summed E-state index contributed by atoms with van der Waals surface area (Å²) in [7, 11) is 0. The lowest BCUT2D eigenvalue weighted by atomic mass is 10.1. The summed E-state index contributed by atoms with van der Waals surface area (Å²) in [4.78, 5) is 29.9. The zero-order chi connectivity index (χ0) is 20.6. The lowest BCUT2D eigenvalue weighted by molar-refractivity contribution is 0.0908. The van der Waals surface area contributed by atoms with Crippen LogP contribution in [-0.2, 0) is 0 Å². The van der Waals surface area contributed by atoms with Gasteiger partial charge in [0.2, 0.25) is 5.82 Å². The molecule has 2 amide bonds. The minimum atomic E-state index is -0.425. The van der Waals surface area contributed by atoms with Crippen molar-refractivity contribution in [3.05, 3.63) is 54.1 Å². The van der Waals surface area contributed by atoms with Crippen LogP contribution in [0, 0.1) is 0 Å². The third kappa shape index (κ3) is 3.87. The number of carbonyl (C=O) groups is 2. The lowest BCUT2D eigenvalue weighted by Gasteiger charge is -2.19. The fourth-order valence-corrected chi connectivity index (χ4v) is 3.07. The van der Waals surface area contributed by atoms with Crippen LogP contribution in [0.25, 0.3) is 5.52 Å². The van der Waals surface area contributed by atoms with Crippen molar-refractivity contribution in [3.63, 3.8) is 0 Å². The number of ether oxygens (including phenoxy) is 2. The number of nitrogens with zero attached hydrogens (tertiary/aromatic N) is 2. The van der Waals surface area contributed by atoms with Crippen molar-refractivity contribution < 1.29 is 19.1 Å². The fraction of sp³-hybridized carbons (Fsp3) is 0.286. The predicted molar refractivity (Wildman–Crippen MR) is 108 cm³/mol. The van der Waals surface area contributed by atoms with Gasteiger partial charge in [-0.05, 0) is 45.0 Å². The van der Waals surface area contributed by atoms with Crippen molar-refractivity contribution in [1.29, 1.82) is 0 Å². The molecule has 0 saturated carbocycles. The van der Waals surface area contributed by atoms with Crippen LogP contribution in [-0.4, -0.2) is 40.0 Å². The molecule has 29 heavy (non-hydrogen) atoms. The largest absolute Gasteiger partial charge is 0.486 e. The molecule has 0 atom stereocenters. The van der Waals surface area contributed by atoms with Gasteiger partial charge >= 0.3 is 0 Å². The van der Waals surface area contributed by atoms with Crippen LogP contribution in [0.15, 0.2) is 42.6 Å². The van der Waals surface area contributed by atoms with E-state index in [1.807, 2.05) is 20.8 Å². The highest BCUT2D eigenvalue weighted by atomic mass is 16.6. The van der Waals surface area contributed by atoms with Crippen LogP contribution in [0.3, 0.4) is 0 Å². The average molecular weight is 394 g/mol. The summed E-state index contributed by atoms with van der Waals surface area (Å²) in [5.74, 6) is 0.608. The first-order chi connectivity index (χ1) is 13.8. The van der Waals surface area contributed by atoms with Crippen molar-refractivity contribution in [2.24, 2.45) is 0 Å². The third-order valence-electron chi connectivity index (χ3n) is 4.26. The molecule has 0 unspecified atom stereocenters. The van der Waals surface area contributed by atoms with Crippen molar-refractivity contribution in [1.82, 2.24) is 14.7 Å². The van der Waals surface area contributed by atoms with Crippen LogP contribution in [0.5, 0.6) is 11.5 Å². The number of rotatable bonds is 3. The highest BCUT2D eigenvalue weighted by Crippen LogP contribution is 2.32. The Morgan fingerprint density at radius 2 is 1.79 bits per heavy atom. The van der Waals surface area contributed by atoms with E-state index in [0.717, 1.165) is 0 Å². The molecule has 0 aliphatic carbocycles. The Morgan fingerprint density at radius 1 is 1.03 bits per heavy atom. The zero-order valence-electron chi connectivity index (χ0n) is 16.5. The van der Waals surface area contributed by atoms with E-state index in [1.165, 1.54) is 0 Å². The minimum Gasteiger partial charge on any atom is -0.486 e. The fourth-order valence-electron chi connectivity index (χ4n) is 3.07. The summed E-state index contributed by atoms with van der Waals surface area (Å²) in [6.45, 7) is 6.61. The Kier molecular flexibility index (Phi) is 4.62. The van der Waals surface area contributed by atoms with Gasteiger partial charge in [0.15, 0.2) is 17.2 Å². The minimum absolute atomic E-state index is 0.155. The second kappa shape index (κ2) is 7.12. The number of aromatic nitrogens is 2. The molecule has 8 heteroatoms. The van der Waals surface area contributed by atoms with Crippen LogP contribution >= 0.6 is 0 Å². The highest BCUT2D eigenvalue weighted by molar-refractivity contribution is 6.09. The standard InChI is InChI=1S/C21H22N4O4/c1-21(2,3)24-20(27)18-23-17(14-6-4-5-9-25(14)18)19(26)22-13-7-8-15-16(12-13)29-11-10-28-15/h4-9,12H,10-11H2,1-3H3,(H,22,26)(H,24,27). The number of pyridine rings is 1. The summed E-state index contributed by atoms with van der Waals surface area (Å²) >= 11 is 0. The van der Waals surface area contributed by atoms with Gasteiger partial charge in [0.25, 0.3) is 11.8 Å². The van der Waals surface area contributed by atoms with E-state index in [-0.39, 0.29) is 17.4 Å². The van der Waals surface area contributed by atoms with Crippen molar-refractivity contribution in [2.75, 3.05) is 18.5 Å². The SMILES string of the molecule is CC(C)(C)NC(=O)c1nc(C(=O)Nc2ccc3c(c2)OCCO3)c2ccccn12. The molecule has 0 fully saturated rings. The Hall–Kier alpha value is -3.55. The number of fused-ring (bicyclic) bond motifs is 2. The number of nitrogens with one attached hydrogen (secondary N) is 2. The van der Waals surface area contributed by atoms with Crippen molar-refractivity contribution in [3.8, 4) is 11.5 Å². The van der Waals surface area contributed by atoms with Gasteiger partial charge in [0, 0.05) is 23.5 Å². The zero-order valence-corrected chi connectivity index (χ0v) is 16.5. The first-order valence-corrected chi connectivity index (χ1v) is 9.32.